The molecule has 0 saturated heterocycles. The average molecular weight is 364 g/mol. The molecule has 0 spiro atoms. The van der Waals surface area contributed by atoms with E-state index in [1.165, 1.54) is 0 Å². The van der Waals surface area contributed by atoms with Gasteiger partial charge in [-0.25, -0.2) is 0 Å². The number of hydrogen-bond acceptors (Lipinski definition) is 5. The van der Waals surface area contributed by atoms with Crippen molar-refractivity contribution in [3.8, 4) is 5.75 Å². The number of benzene rings is 1. The number of carboxylic acid groups (broad SMARTS) is 1. The van der Waals surface area contributed by atoms with Crippen molar-refractivity contribution in [2.24, 2.45) is 0 Å². The SMILES string of the molecule is CCCN(CC(=O)O)C(=O)c1cc(OCC(F)(F)F)ccc1[N+](=O)[O-]. The number of nitrogens with zero attached hydrogens (tertiary/aromatic N) is 2. The summed E-state index contributed by atoms with van der Waals surface area (Å²) in [4.78, 5) is 34.3. The van der Waals surface area contributed by atoms with Crippen LogP contribution in [0.15, 0.2) is 18.2 Å². The second-order valence-electron chi connectivity index (χ2n) is 4.96. The molecule has 0 saturated carbocycles. The first-order chi connectivity index (χ1) is 11.5. The number of halogens is 3. The lowest BCUT2D eigenvalue weighted by molar-refractivity contribution is -0.385. The van der Waals surface area contributed by atoms with Gasteiger partial charge in [-0.05, 0) is 18.6 Å². The zero-order valence-electron chi connectivity index (χ0n) is 13.1. The van der Waals surface area contributed by atoms with Crippen LogP contribution >= 0.6 is 0 Å². The largest absolute Gasteiger partial charge is 0.484 e. The van der Waals surface area contributed by atoms with Gasteiger partial charge in [0.05, 0.1) is 4.92 Å². The van der Waals surface area contributed by atoms with Gasteiger partial charge in [0.15, 0.2) is 6.61 Å². The lowest BCUT2D eigenvalue weighted by atomic mass is 10.1. The van der Waals surface area contributed by atoms with Crippen molar-refractivity contribution < 1.29 is 37.5 Å². The van der Waals surface area contributed by atoms with E-state index in [0.29, 0.717) is 6.42 Å². The van der Waals surface area contributed by atoms with Gasteiger partial charge >= 0.3 is 12.1 Å². The van der Waals surface area contributed by atoms with Crippen molar-refractivity contribution in [1.29, 1.82) is 0 Å². The summed E-state index contributed by atoms with van der Waals surface area (Å²) in [6.07, 6.45) is -4.24. The van der Waals surface area contributed by atoms with Gasteiger partial charge in [-0.2, -0.15) is 13.2 Å². The maximum Gasteiger partial charge on any atom is 0.422 e. The minimum atomic E-state index is -4.62. The predicted octanol–water partition coefficient (Wildman–Crippen LogP) is 2.47. The molecule has 0 unspecified atom stereocenters. The average Bonchev–Trinajstić information content (AvgIpc) is 2.50. The quantitative estimate of drug-likeness (QED) is 0.560. The molecule has 25 heavy (non-hydrogen) atoms. The number of rotatable bonds is 8. The van der Waals surface area contributed by atoms with E-state index in [-0.39, 0.29) is 6.54 Å². The van der Waals surface area contributed by atoms with Crippen LogP contribution in [0, 0.1) is 10.1 Å². The second-order valence-corrected chi connectivity index (χ2v) is 4.96. The molecule has 1 amide bonds. The summed E-state index contributed by atoms with van der Waals surface area (Å²) in [7, 11) is 0. The van der Waals surface area contributed by atoms with E-state index in [1.807, 2.05) is 0 Å². The third kappa shape index (κ3) is 6.28. The van der Waals surface area contributed by atoms with Crippen LogP contribution in [-0.2, 0) is 4.79 Å². The van der Waals surface area contributed by atoms with Gasteiger partial charge in [0.2, 0.25) is 0 Å². The minimum absolute atomic E-state index is 0.00984. The van der Waals surface area contributed by atoms with E-state index >= 15 is 0 Å². The van der Waals surface area contributed by atoms with E-state index in [9.17, 15) is 32.9 Å². The van der Waals surface area contributed by atoms with Gasteiger partial charge in [0.1, 0.15) is 17.9 Å². The molecule has 0 bridgehead atoms. The molecular formula is C14H15F3N2O6. The van der Waals surface area contributed by atoms with Crippen molar-refractivity contribution in [2.45, 2.75) is 19.5 Å². The van der Waals surface area contributed by atoms with E-state index in [1.54, 1.807) is 6.92 Å². The Morgan fingerprint density at radius 2 is 2.00 bits per heavy atom. The molecule has 1 aromatic rings. The first-order valence-corrected chi connectivity index (χ1v) is 7.04. The summed E-state index contributed by atoms with van der Waals surface area (Å²) >= 11 is 0. The number of hydrogen-bond donors (Lipinski definition) is 1. The van der Waals surface area contributed by atoms with Crippen LogP contribution in [0.1, 0.15) is 23.7 Å². The lowest BCUT2D eigenvalue weighted by Crippen LogP contribution is -2.36. The van der Waals surface area contributed by atoms with Crippen molar-refractivity contribution >= 4 is 17.6 Å². The predicted molar refractivity (Wildman–Crippen MR) is 78.5 cm³/mol. The summed E-state index contributed by atoms with van der Waals surface area (Å²) in [6.45, 7) is -0.654. The number of carbonyl (C=O) groups is 2. The van der Waals surface area contributed by atoms with Gasteiger partial charge in [-0.15, -0.1) is 0 Å². The van der Waals surface area contributed by atoms with Gasteiger partial charge < -0.3 is 14.7 Å². The van der Waals surface area contributed by atoms with Gasteiger partial charge in [0, 0.05) is 12.6 Å². The summed E-state index contributed by atoms with van der Waals surface area (Å²) in [5, 5.41) is 19.9. The fourth-order valence-electron chi connectivity index (χ4n) is 1.96. The number of carboxylic acids is 1. The fourth-order valence-corrected chi connectivity index (χ4v) is 1.96. The Hall–Kier alpha value is -2.85. The molecule has 1 aromatic carbocycles. The van der Waals surface area contributed by atoms with Crippen LogP contribution in [0.3, 0.4) is 0 Å². The highest BCUT2D eigenvalue weighted by atomic mass is 19.4. The molecule has 0 aliphatic heterocycles. The number of carbonyl (C=O) groups excluding carboxylic acids is 1. The molecular weight excluding hydrogens is 349 g/mol. The molecule has 0 fully saturated rings. The Morgan fingerprint density at radius 3 is 2.48 bits per heavy atom. The third-order valence-electron chi connectivity index (χ3n) is 2.90. The maximum absolute atomic E-state index is 12.4. The topological polar surface area (TPSA) is 110 Å². The van der Waals surface area contributed by atoms with E-state index in [4.69, 9.17) is 5.11 Å². The summed E-state index contributed by atoms with van der Waals surface area (Å²) in [5.74, 6) is -2.69. The maximum atomic E-state index is 12.4. The first-order valence-electron chi connectivity index (χ1n) is 7.04. The Balaban J connectivity index is 3.20. The highest BCUT2D eigenvalue weighted by Gasteiger charge is 2.30. The fraction of sp³-hybridized carbons (Fsp3) is 0.429. The van der Waals surface area contributed by atoms with Crippen LogP contribution in [0.2, 0.25) is 0 Å². The number of nitro groups is 1. The van der Waals surface area contributed by atoms with Crippen LogP contribution in [-0.4, -0.2) is 52.7 Å². The molecule has 11 heteroatoms. The molecule has 1 rings (SSSR count). The van der Waals surface area contributed by atoms with Gasteiger partial charge in [-0.3, -0.25) is 19.7 Å². The van der Waals surface area contributed by atoms with Crippen LogP contribution in [0.4, 0.5) is 18.9 Å². The number of nitro benzene ring substituents is 1. The van der Waals surface area contributed by atoms with Crippen LogP contribution in [0.25, 0.3) is 0 Å². The smallest absolute Gasteiger partial charge is 0.422 e. The van der Waals surface area contributed by atoms with Crippen molar-refractivity contribution in [3.63, 3.8) is 0 Å². The number of aliphatic carboxylic acids is 1. The molecule has 0 aromatic heterocycles. The molecule has 138 valence electrons. The zero-order chi connectivity index (χ0) is 19.2. The van der Waals surface area contributed by atoms with E-state index in [2.05, 4.69) is 4.74 Å². The standard InChI is InChI=1S/C14H15F3N2O6/c1-2-5-18(7-12(20)21)13(22)10-6-9(25-8-14(15,16)17)3-4-11(10)19(23)24/h3-4,6H,2,5,7-8H2,1H3,(H,20,21). The summed E-state index contributed by atoms with van der Waals surface area (Å²) in [5.41, 5.74) is -1.20. The van der Waals surface area contributed by atoms with Gasteiger partial charge in [-0.1, -0.05) is 6.92 Å². The first kappa shape index (κ1) is 20.2. The van der Waals surface area contributed by atoms with Crippen molar-refractivity contribution in [3.05, 3.63) is 33.9 Å². The Labute approximate surface area is 139 Å². The number of alkyl halides is 3. The number of amides is 1. The second kappa shape index (κ2) is 8.31. The molecule has 0 heterocycles. The van der Waals surface area contributed by atoms with Gasteiger partial charge in [0.25, 0.3) is 11.6 Å². The monoisotopic (exact) mass is 364 g/mol. The molecule has 8 nitrogen and oxygen atoms in total. The Bertz CT molecular complexity index is 662. The lowest BCUT2D eigenvalue weighted by Gasteiger charge is -2.20. The normalized spacial score (nSPS) is 11.0. The number of ether oxygens (including phenoxy) is 1. The van der Waals surface area contributed by atoms with Crippen LogP contribution < -0.4 is 4.74 Å². The summed E-state index contributed by atoms with van der Waals surface area (Å²) in [6, 6.07) is 2.57. The molecule has 0 atom stereocenters. The molecule has 0 aliphatic rings. The summed E-state index contributed by atoms with van der Waals surface area (Å²) < 4.78 is 41.1. The highest BCUT2D eigenvalue weighted by Crippen LogP contribution is 2.27. The van der Waals surface area contributed by atoms with E-state index < -0.39 is 53.1 Å². The molecule has 1 N–H and O–H groups in total. The Morgan fingerprint density at radius 1 is 1.36 bits per heavy atom. The zero-order valence-corrected chi connectivity index (χ0v) is 13.1. The molecule has 0 radical (unpaired) electrons. The molecule has 0 aliphatic carbocycles. The highest BCUT2D eigenvalue weighted by molar-refractivity contribution is 5.99. The van der Waals surface area contributed by atoms with Crippen molar-refractivity contribution in [2.75, 3.05) is 19.7 Å². The third-order valence-corrected chi connectivity index (χ3v) is 2.90. The van der Waals surface area contributed by atoms with Crippen LogP contribution in [0.5, 0.6) is 5.75 Å². The van der Waals surface area contributed by atoms with Crippen molar-refractivity contribution in [1.82, 2.24) is 4.90 Å². The minimum Gasteiger partial charge on any atom is -0.484 e. The van der Waals surface area contributed by atoms with E-state index in [0.717, 1.165) is 23.1 Å². The Kier molecular flexibility index (Phi) is 6.71.